The molecule has 0 saturated heterocycles. The summed E-state index contributed by atoms with van der Waals surface area (Å²) in [5.74, 6) is 0.454. The number of hydrogen-bond donors (Lipinski definition) is 1. The number of likely N-dealkylation sites (N-methyl/N-ethyl adjacent to an activating group) is 1. The molecule has 0 heterocycles. The first-order valence-corrected chi connectivity index (χ1v) is 4.87. The molecule has 0 aromatic heterocycles. The van der Waals surface area contributed by atoms with Crippen molar-refractivity contribution in [2.45, 2.75) is 20.8 Å². The topological polar surface area (TPSA) is 23.9 Å². The molecule has 3 heteroatoms. The Bertz CT molecular complexity index is 213. The van der Waals surface area contributed by atoms with Gasteiger partial charge >= 0.3 is 0 Å². The Balaban J connectivity index is 4.65. The van der Waals surface area contributed by atoms with Crippen LogP contribution in [0.25, 0.3) is 0 Å². The van der Waals surface area contributed by atoms with Gasteiger partial charge in [0.15, 0.2) is 6.34 Å². The van der Waals surface area contributed by atoms with Crippen LogP contribution in [-0.4, -0.2) is 31.5 Å². The van der Waals surface area contributed by atoms with E-state index in [-0.39, 0.29) is 0 Å². The largest absolute Gasteiger partial charge is 0.283 e. The lowest BCUT2D eigenvalue weighted by Gasteiger charge is -2.26. The van der Waals surface area contributed by atoms with E-state index in [0.717, 1.165) is 11.6 Å². The van der Waals surface area contributed by atoms with E-state index in [2.05, 4.69) is 13.8 Å². The highest BCUT2D eigenvalue weighted by atomic mass is 35.5. The van der Waals surface area contributed by atoms with Gasteiger partial charge in [-0.1, -0.05) is 25.4 Å². The third kappa shape index (κ3) is 4.44. The van der Waals surface area contributed by atoms with E-state index in [4.69, 9.17) is 17.0 Å². The fourth-order valence-electron chi connectivity index (χ4n) is 1.17. The van der Waals surface area contributed by atoms with Crippen LogP contribution >= 0.6 is 11.6 Å². The molecule has 0 rings (SSSR count). The minimum Gasteiger partial charge on any atom is -0.283 e. The fraction of sp³-hybridized carbons (Fsp3) is 0.700. The van der Waals surface area contributed by atoms with Crippen molar-refractivity contribution in [2.24, 2.45) is 5.92 Å². The van der Waals surface area contributed by atoms with Gasteiger partial charge in [-0.2, -0.15) is 0 Å². The number of hydrogen-bond acceptors (Lipinski definition) is 1. The molecule has 1 N–H and O–H groups in total. The maximum atomic E-state index is 7.26. The van der Waals surface area contributed by atoms with Crippen LogP contribution in [0.1, 0.15) is 20.8 Å². The van der Waals surface area contributed by atoms with Crippen molar-refractivity contribution in [2.75, 3.05) is 20.6 Å². The number of rotatable bonds is 4. The van der Waals surface area contributed by atoms with Gasteiger partial charge in [0.2, 0.25) is 0 Å². The predicted octanol–water partition coefficient (Wildman–Crippen LogP) is 2.84. The highest BCUT2D eigenvalue weighted by Gasteiger charge is 2.18. The average molecular weight is 204 g/mol. The molecule has 0 unspecified atom stereocenters. The zero-order valence-electron chi connectivity index (χ0n) is 9.19. The molecule has 0 aliphatic rings. The van der Waals surface area contributed by atoms with Crippen LogP contribution in [-0.2, 0) is 0 Å². The van der Waals surface area contributed by atoms with Crippen molar-refractivity contribution in [3.05, 3.63) is 10.6 Å². The van der Waals surface area contributed by atoms with Crippen LogP contribution < -0.4 is 0 Å². The summed E-state index contributed by atoms with van der Waals surface area (Å²) in [7, 11) is 3.99. The Morgan fingerprint density at radius 3 is 2.15 bits per heavy atom. The van der Waals surface area contributed by atoms with Crippen molar-refractivity contribution < 1.29 is 4.48 Å². The molecule has 0 aromatic carbocycles. The van der Waals surface area contributed by atoms with E-state index >= 15 is 0 Å². The van der Waals surface area contributed by atoms with Crippen LogP contribution in [0, 0.1) is 11.3 Å². The average Bonchev–Trinajstić information content (AvgIpc) is 1.99. The normalized spacial score (nSPS) is 14.4. The van der Waals surface area contributed by atoms with E-state index in [1.807, 2.05) is 21.0 Å². The number of nitrogens with one attached hydrogen (secondary N) is 1. The summed E-state index contributed by atoms with van der Waals surface area (Å²) in [6.45, 7) is 6.99. The van der Waals surface area contributed by atoms with E-state index in [1.165, 1.54) is 11.9 Å². The Morgan fingerprint density at radius 2 is 1.92 bits per heavy atom. The summed E-state index contributed by atoms with van der Waals surface area (Å²) in [5.41, 5.74) is 1.23. The van der Waals surface area contributed by atoms with E-state index in [1.54, 1.807) is 0 Å². The minimum absolute atomic E-state index is 0.454. The third-order valence-corrected chi connectivity index (χ3v) is 2.31. The molecule has 0 spiro atoms. The zero-order valence-corrected chi connectivity index (χ0v) is 9.94. The first-order chi connectivity index (χ1) is 5.80. The van der Waals surface area contributed by atoms with Crippen molar-refractivity contribution >= 4 is 17.9 Å². The second-order valence-electron chi connectivity index (χ2n) is 4.28. The van der Waals surface area contributed by atoms with Crippen molar-refractivity contribution in [1.82, 2.24) is 0 Å². The van der Waals surface area contributed by atoms with Gasteiger partial charge in [-0.3, -0.25) is 9.89 Å². The molecule has 0 amide bonds. The predicted molar refractivity (Wildman–Crippen MR) is 59.2 cm³/mol. The van der Waals surface area contributed by atoms with Gasteiger partial charge in [0.1, 0.15) is 6.54 Å². The number of quaternary nitrogens is 1. The van der Waals surface area contributed by atoms with Crippen molar-refractivity contribution in [3.63, 3.8) is 0 Å². The minimum atomic E-state index is 0.454. The Hall–Kier alpha value is -0.340. The second-order valence-corrected chi connectivity index (χ2v) is 4.85. The van der Waals surface area contributed by atoms with Crippen LogP contribution in [0.4, 0.5) is 0 Å². The molecule has 0 radical (unpaired) electrons. The molecule has 0 aromatic rings. The summed E-state index contributed by atoms with van der Waals surface area (Å²) in [5, 5.41) is 8.13. The molecule has 76 valence electrons. The monoisotopic (exact) mass is 203 g/mol. The van der Waals surface area contributed by atoms with Gasteiger partial charge in [0.05, 0.1) is 14.1 Å². The van der Waals surface area contributed by atoms with Crippen LogP contribution in [0.5, 0.6) is 0 Å². The van der Waals surface area contributed by atoms with Gasteiger partial charge in [-0.15, -0.1) is 0 Å². The summed E-state index contributed by atoms with van der Waals surface area (Å²) in [4.78, 5) is 0. The first kappa shape index (κ1) is 12.7. The van der Waals surface area contributed by atoms with Gasteiger partial charge in [0, 0.05) is 10.6 Å². The summed E-state index contributed by atoms with van der Waals surface area (Å²) < 4.78 is 0.553. The van der Waals surface area contributed by atoms with E-state index in [0.29, 0.717) is 10.4 Å². The summed E-state index contributed by atoms with van der Waals surface area (Å²) >= 11 is 6.00. The molecule has 0 bridgehead atoms. The van der Waals surface area contributed by atoms with Gasteiger partial charge in [-0.25, -0.2) is 0 Å². The van der Waals surface area contributed by atoms with Crippen LogP contribution in [0.2, 0.25) is 0 Å². The van der Waals surface area contributed by atoms with Crippen LogP contribution in [0.15, 0.2) is 10.6 Å². The number of allylic oxidation sites excluding steroid dienone is 1. The fourth-order valence-corrected chi connectivity index (χ4v) is 1.45. The maximum Gasteiger partial charge on any atom is 0.182 e. The molecule has 0 fully saturated rings. The summed E-state index contributed by atoms with van der Waals surface area (Å²) in [6, 6.07) is 0. The van der Waals surface area contributed by atoms with Gasteiger partial charge in [-0.05, 0) is 12.8 Å². The second kappa shape index (κ2) is 4.77. The smallest absolute Gasteiger partial charge is 0.182 e. The standard InChI is InChI=1S/C10H20ClN2/c1-8(2)10(9(3)11)6-13(4,5)7-12/h7-8,12H,6H2,1-5H3/q+1/b10-9-,12-7?. The van der Waals surface area contributed by atoms with Gasteiger partial charge < -0.3 is 0 Å². The first-order valence-electron chi connectivity index (χ1n) is 4.49. The molecule has 13 heavy (non-hydrogen) atoms. The molecule has 2 nitrogen and oxygen atoms in total. The Kier molecular flexibility index (Phi) is 4.65. The lowest BCUT2D eigenvalue weighted by Crippen LogP contribution is -2.40. The summed E-state index contributed by atoms with van der Waals surface area (Å²) in [6.07, 6.45) is 1.43. The maximum absolute atomic E-state index is 7.26. The Labute approximate surface area is 86.3 Å². The lowest BCUT2D eigenvalue weighted by atomic mass is 10.0. The van der Waals surface area contributed by atoms with Gasteiger partial charge in [0.25, 0.3) is 0 Å². The van der Waals surface area contributed by atoms with Crippen molar-refractivity contribution in [1.29, 1.82) is 5.41 Å². The quantitative estimate of drug-likeness (QED) is 0.413. The zero-order chi connectivity index (χ0) is 10.6. The highest BCUT2D eigenvalue weighted by molar-refractivity contribution is 6.29. The highest BCUT2D eigenvalue weighted by Crippen LogP contribution is 2.19. The molecular formula is C10H20ClN2+. The van der Waals surface area contributed by atoms with E-state index in [9.17, 15) is 0 Å². The van der Waals surface area contributed by atoms with Crippen molar-refractivity contribution in [3.8, 4) is 0 Å². The molecule has 0 aliphatic carbocycles. The lowest BCUT2D eigenvalue weighted by molar-refractivity contribution is -0.787. The Morgan fingerprint density at radius 1 is 1.46 bits per heavy atom. The molecular weight excluding hydrogens is 184 g/mol. The molecule has 0 atom stereocenters. The SMILES string of the molecule is C/C(Cl)=C(\C[N+](C)(C)C=N)C(C)C. The number of halogens is 1. The number of nitrogens with zero attached hydrogens (tertiary/aromatic N) is 1. The van der Waals surface area contributed by atoms with Crippen LogP contribution in [0.3, 0.4) is 0 Å². The van der Waals surface area contributed by atoms with E-state index < -0.39 is 0 Å². The molecule has 0 saturated carbocycles. The third-order valence-electron chi connectivity index (χ3n) is 2.07. The molecule has 0 aliphatic heterocycles.